The summed E-state index contributed by atoms with van der Waals surface area (Å²) in [5.41, 5.74) is 0.346. The number of carboxylic acid groups (broad SMARTS) is 1. The van der Waals surface area contributed by atoms with Crippen molar-refractivity contribution in [2.75, 3.05) is 33.5 Å². The SMILES string of the molecule is COC(=O)COCCc1cc(CO)ccc1OS(=O)(=O)OCC(C)(C)CCNC(=O)O.[Fm]. The van der Waals surface area contributed by atoms with Crippen LogP contribution in [0.1, 0.15) is 31.4 Å². The summed E-state index contributed by atoms with van der Waals surface area (Å²) in [7, 11) is -3.18. The largest absolute Gasteiger partial charge is 0.467 e. The molecule has 32 heavy (non-hydrogen) atoms. The van der Waals surface area contributed by atoms with Gasteiger partial charge in [-0.3, -0.25) is 0 Å². The number of aliphatic hydroxyl groups is 1. The molecule has 0 unspecified atom stereocenters. The zero-order valence-corrected chi connectivity index (χ0v) is 21.3. The van der Waals surface area contributed by atoms with Crippen LogP contribution in [0.3, 0.4) is 0 Å². The van der Waals surface area contributed by atoms with E-state index in [-0.39, 0.29) is 45.1 Å². The number of amides is 1. The number of hydrogen-bond donors (Lipinski definition) is 3. The zero-order chi connectivity index (χ0) is 23.5. The number of nitrogens with one attached hydrogen (secondary N) is 1. The minimum atomic E-state index is -4.41. The Kier molecular flexibility index (Phi) is 11.7. The minimum Gasteiger partial charge on any atom is -0.467 e. The van der Waals surface area contributed by atoms with Gasteiger partial charge in [0.05, 0.1) is 26.9 Å². The van der Waals surface area contributed by atoms with Crippen molar-refractivity contribution in [2.45, 2.75) is 33.3 Å². The van der Waals surface area contributed by atoms with Crippen LogP contribution in [0.2, 0.25) is 0 Å². The molecule has 1 aromatic carbocycles. The summed E-state index contributed by atoms with van der Waals surface area (Å²) < 4.78 is 44.3. The molecule has 0 bridgehead atoms. The van der Waals surface area contributed by atoms with Gasteiger partial charge in [0, 0.05) is 6.54 Å². The molecule has 0 saturated heterocycles. The smallest absolute Gasteiger partial charge is 0.449 e. The van der Waals surface area contributed by atoms with E-state index in [1.165, 1.54) is 19.2 Å². The number of carbonyl (C=O) groups excluding carboxylic acids is 1. The third-order valence-electron chi connectivity index (χ3n) is 4.13. The number of ether oxygens (including phenoxy) is 2. The van der Waals surface area contributed by atoms with Gasteiger partial charge in [-0.05, 0) is 41.5 Å². The molecule has 188 valence electrons. The number of esters is 1. The van der Waals surface area contributed by atoms with Crippen LogP contribution in [0.4, 0.5) is 4.79 Å². The van der Waals surface area contributed by atoms with E-state index in [1.54, 1.807) is 19.9 Å². The summed E-state index contributed by atoms with van der Waals surface area (Å²) in [5, 5.41) is 20.1. The van der Waals surface area contributed by atoms with E-state index < -0.39 is 27.9 Å². The third kappa shape index (κ3) is 11.1. The molecule has 0 radical (unpaired) electrons. The summed E-state index contributed by atoms with van der Waals surface area (Å²) in [5.74, 6) is -0.540. The Morgan fingerprint density at radius 2 is 1.91 bits per heavy atom. The van der Waals surface area contributed by atoms with Gasteiger partial charge in [-0.1, -0.05) is 19.9 Å². The molecular weight excluding hydrogens is 691 g/mol. The fourth-order valence-corrected chi connectivity index (χ4v) is 3.24. The molecule has 1 aromatic rings. The maximum Gasteiger partial charge on any atom is 0.449 e. The molecular formula is C19H29FmNO10S. The molecule has 0 saturated carbocycles. The standard InChI is InChI=1S/C19H29NO10S.Fm/c1-19(2,7-8-20-18(23)24)13-29-31(25,26)30-16-5-4-14(11-21)10-15(16)6-9-28-12-17(22)27-3;/h4-5,10,20-21H,6-9,11-13H2,1-3H3,(H,23,24);. The quantitative estimate of drug-likeness (QED) is 0.189. The topological polar surface area (TPSA) is 158 Å². The Morgan fingerprint density at radius 1 is 1.22 bits per heavy atom. The van der Waals surface area contributed by atoms with Crippen molar-refractivity contribution in [1.29, 1.82) is 0 Å². The summed E-state index contributed by atoms with van der Waals surface area (Å²) in [6.45, 7) is 2.97. The second-order valence-electron chi connectivity index (χ2n) is 7.38. The monoisotopic (exact) mass is 720 g/mol. The molecule has 11 nitrogen and oxygen atoms in total. The number of hydrogen-bond acceptors (Lipinski definition) is 9. The van der Waals surface area contributed by atoms with Crippen LogP contribution in [0.25, 0.3) is 0 Å². The van der Waals surface area contributed by atoms with Crippen LogP contribution in [-0.2, 0) is 41.9 Å². The van der Waals surface area contributed by atoms with Crippen LogP contribution in [0.5, 0.6) is 5.75 Å². The summed E-state index contributed by atoms with van der Waals surface area (Å²) in [4.78, 5) is 21.6. The average Bonchev–Trinajstić information content (AvgIpc) is 2.70. The van der Waals surface area contributed by atoms with Gasteiger partial charge in [0.2, 0.25) is 0 Å². The van der Waals surface area contributed by atoms with Crippen LogP contribution in [0, 0.1) is 5.41 Å². The van der Waals surface area contributed by atoms with Crippen molar-refractivity contribution in [2.24, 2.45) is 5.41 Å². The fourth-order valence-electron chi connectivity index (χ4n) is 2.35. The van der Waals surface area contributed by atoms with E-state index in [9.17, 15) is 23.1 Å². The molecule has 0 spiro atoms. The van der Waals surface area contributed by atoms with Crippen LogP contribution in [-0.4, -0.2) is 64.2 Å². The summed E-state index contributed by atoms with van der Waals surface area (Å²) in [6, 6.07) is 4.46. The van der Waals surface area contributed by atoms with Crippen molar-refractivity contribution >= 4 is 22.5 Å². The van der Waals surface area contributed by atoms with Crippen LogP contribution < -0.4 is 9.50 Å². The zero-order valence-electron chi connectivity index (χ0n) is 18.0. The number of methoxy groups -OCH3 is 1. The Hall–Kier alpha value is -3.41. The first kappa shape index (κ1) is 28.6. The van der Waals surface area contributed by atoms with Gasteiger partial charge in [0.15, 0.2) is 0 Å². The molecule has 1 rings (SSSR count). The van der Waals surface area contributed by atoms with Crippen molar-refractivity contribution in [3.8, 4) is 5.75 Å². The van der Waals surface area contributed by atoms with Crippen molar-refractivity contribution in [3.05, 3.63) is 29.3 Å². The predicted octanol–water partition coefficient (Wildman–Crippen LogP) is 1.24. The van der Waals surface area contributed by atoms with Crippen LogP contribution >= 0.6 is 0 Å². The first-order valence-corrected chi connectivity index (χ1v) is 10.7. The number of rotatable bonds is 14. The molecule has 0 fully saturated rings. The van der Waals surface area contributed by atoms with E-state index in [1.807, 2.05) is 0 Å². The Bertz CT molecular complexity index is 845. The van der Waals surface area contributed by atoms with E-state index in [4.69, 9.17) is 18.2 Å². The molecule has 1 amide bonds. The van der Waals surface area contributed by atoms with Gasteiger partial charge >= 0.3 is 22.5 Å². The molecule has 13 heteroatoms. The van der Waals surface area contributed by atoms with E-state index in [0.29, 0.717) is 17.5 Å². The third-order valence-corrected chi connectivity index (χ3v) is 4.92. The first-order chi connectivity index (χ1) is 14.5. The Labute approximate surface area is 181 Å². The molecule has 0 aliphatic carbocycles. The number of benzene rings is 1. The molecule has 3 N–H and O–H groups in total. The van der Waals surface area contributed by atoms with E-state index >= 15 is 0 Å². The molecule has 0 aromatic heterocycles. The Morgan fingerprint density at radius 3 is 2.50 bits per heavy atom. The first-order valence-electron chi connectivity index (χ1n) is 9.41. The van der Waals surface area contributed by atoms with Gasteiger partial charge < -0.3 is 29.2 Å². The van der Waals surface area contributed by atoms with Gasteiger partial charge in [-0.2, -0.15) is 8.42 Å². The predicted molar refractivity (Wildman–Crippen MR) is 109 cm³/mol. The normalized spacial score (nSPS) is 11.4. The van der Waals surface area contributed by atoms with Crippen molar-refractivity contribution < 1.29 is 46.1 Å². The van der Waals surface area contributed by atoms with Crippen molar-refractivity contribution in [3.63, 3.8) is 0 Å². The molecule has 0 aliphatic rings. The van der Waals surface area contributed by atoms with E-state index in [2.05, 4.69) is 10.1 Å². The van der Waals surface area contributed by atoms with Crippen LogP contribution in [0.15, 0.2) is 18.2 Å². The van der Waals surface area contributed by atoms with Gasteiger partial charge in [0.25, 0.3) is 0 Å². The van der Waals surface area contributed by atoms with Crippen molar-refractivity contribution in [1.82, 2.24) is 5.32 Å². The fraction of sp³-hybridized carbons (Fsp3) is 0.579. The van der Waals surface area contributed by atoms with Gasteiger partial charge in [0.1, 0.15) is 12.4 Å². The molecule has 0 aliphatic heterocycles. The minimum absolute atomic E-state index is 0. The second kappa shape index (κ2) is 13.1. The molecule has 0 atom stereocenters. The summed E-state index contributed by atoms with van der Waals surface area (Å²) in [6.07, 6.45) is -0.604. The van der Waals surface area contributed by atoms with E-state index in [0.717, 1.165) is 0 Å². The van der Waals surface area contributed by atoms with Gasteiger partial charge in [-0.15, -0.1) is 0 Å². The maximum atomic E-state index is 12.3. The summed E-state index contributed by atoms with van der Waals surface area (Å²) >= 11 is 0. The average molecular weight is 721 g/mol. The number of carbonyl (C=O) groups is 2. The molecule has 0 heterocycles. The van der Waals surface area contributed by atoms with Gasteiger partial charge in [-0.25, -0.2) is 13.8 Å². The maximum absolute atomic E-state index is 12.3. The number of aliphatic hydroxyl groups excluding tert-OH is 1. The second-order valence-corrected chi connectivity index (χ2v) is 8.60. The Balaban J connectivity index is 0.00000961.